The van der Waals surface area contributed by atoms with E-state index in [0.29, 0.717) is 0 Å². The Morgan fingerprint density at radius 3 is 1.43 bits per heavy atom. The van der Waals surface area contributed by atoms with Crippen molar-refractivity contribution in [3.8, 4) is 0 Å². The SMILES string of the molecule is C=[C-]c1ccccn1.I.P.[Cu].[c-]1ccccc1.[c-]1ccccc1. The molecule has 3 rings (SSSR count). The van der Waals surface area contributed by atoms with Crippen molar-refractivity contribution in [2.45, 2.75) is 0 Å². The zero-order chi connectivity index (χ0) is 14.3. The quantitative estimate of drug-likeness (QED) is 0.204. The fraction of sp³-hybridized carbons (Fsp3) is 0. The Hall–Kier alpha value is -0.991. The predicted molar refractivity (Wildman–Crippen MR) is 109 cm³/mol. The van der Waals surface area contributed by atoms with Gasteiger partial charge in [-0.15, -0.1) is 35.7 Å². The summed E-state index contributed by atoms with van der Waals surface area (Å²) in [6.45, 7) is 3.44. The normalized spacial score (nSPS) is 7.13. The molecule has 0 saturated heterocycles. The van der Waals surface area contributed by atoms with Gasteiger partial charge >= 0.3 is 0 Å². The molecule has 4 heteroatoms. The number of halogens is 1. The van der Waals surface area contributed by atoms with E-state index in [1.165, 1.54) is 0 Å². The van der Waals surface area contributed by atoms with Gasteiger partial charge in [-0.1, -0.05) is 6.07 Å². The monoisotopic (exact) mass is 483 g/mol. The summed E-state index contributed by atoms with van der Waals surface area (Å²) in [5, 5.41) is 0. The number of benzene rings is 2. The van der Waals surface area contributed by atoms with E-state index in [-0.39, 0.29) is 50.9 Å². The average molecular weight is 484 g/mol. The van der Waals surface area contributed by atoms with Crippen LogP contribution in [0.2, 0.25) is 0 Å². The van der Waals surface area contributed by atoms with Crippen LogP contribution in [0.3, 0.4) is 0 Å². The van der Waals surface area contributed by atoms with Gasteiger partial charge < -0.3 is 0 Å². The largest absolute Gasteiger partial charge is 0.296 e. The molecule has 1 heterocycles. The minimum atomic E-state index is 0. The molecule has 0 N–H and O–H groups in total. The molecule has 0 aliphatic carbocycles. The standard InChI is InChI=1S/C7H6N.2C6H5.Cu.HI.H3P/c1-2-7-5-3-4-6-8-7;2*1-2-4-6-5-3-1;;;/h3-6H,1H2;2*1-5H;;1H;1H3/q3*-1;;;. The summed E-state index contributed by atoms with van der Waals surface area (Å²) in [6.07, 6.45) is 4.38. The molecule has 1 radical (unpaired) electrons. The number of aromatic nitrogens is 1. The first-order valence-electron chi connectivity index (χ1n) is 6.20. The Balaban J connectivity index is -0.000000248. The first-order valence-corrected chi connectivity index (χ1v) is 6.20. The molecule has 1 unspecified atom stereocenters. The molecule has 1 atom stereocenters. The van der Waals surface area contributed by atoms with Crippen LogP contribution in [0, 0.1) is 18.2 Å². The van der Waals surface area contributed by atoms with Gasteiger partial charge in [0.15, 0.2) is 0 Å². The number of hydrogen-bond donors (Lipinski definition) is 0. The molecule has 0 aliphatic rings. The summed E-state index contributed by atoms with van der Waals surface area (Å²) >= 11 is 0. The second-order valence-corrected chi connectivity index (χ2v) is 3.55. The van der Waals surface area contributed by atoms with Crippen molar-refractivity contribution in [2.24, 2.45) is 0 Å². The van der Waals surface area contributed by atoms with Crippen LogP contribution in [0.15, 0.2) is 91.6 Å². The number of pyridine rings is 1. The molecular formula is C19H20CuINP-3. The molecule has 0 spiro atoms. The van der Waals surface area contributed by atoms with Gasteiger partial charge in [-0.2, -0.15) is 95.3 Å². The molecule has 0 aliphatic heterocycles. The molecular weight excluding hydrogens is 464 g/mol. The van der Waals surface area contributed by atoms with E-state index in [0.717, 1.165) is 5.69 Å². The van der Waals surface area contributed by atoms with Gasteiger partial charge in [0.25, 0.3) is 0 Å². The third-order valence-corrected chi connectivity index (χ3v) is 2.06. The van der Waals surface area contributed by atoms with E-state index in [1.807, 2.05) is 78.9 Å². The maximum absolute atomic E-state index is 3.92. The predicted octanol–water partition coefficient (Wildman–Crippen LogP) is 5.07. The van der Waals surface area contributed by atoms with Crippen LogP contribution in [0.1, 0.15) is 5.69 Å². The maximum Gasteiger partial charge on any atom is 0.0222 e. The molecule has 0 amide bonds. The van der Waals surface area contributed by atoms with E-state index in [1.54, 1.807) is 6.20 Å². The van der Waals surface area contributed by atoms with Crippen LogP contribution in [0.25, 0.3) is 0 Å². The van der Waals surface area contributed by atoms with E-state index in [2.05, 4.69) is 29.8 Å². The van der Waals surface area contributed by atoms with Crippen LogP contribution in [-0.4, -0.2) is 4.98 Å². The fourth-order valence-electron chi connectivity index (χ4n) is 1.15. The van der Waals surface area contributed by atoms with E-state index >= 15 is 0 Å². The molecule has 127 valence electrons. The Labute approximate surface area is 170 Å². The van der Waals surface area contributed by atoms with E-state index in [4.69, 9.17) is 0 Å². The fourth-order valence-corrected chi connectivity index (χ4v) is 1.15. The Morgan fingerprint density at radius 1 is 0.783 bits per heavy atom. The van der Waals surface area contributed by atoms with Crippen molar-refractivity contribution < 1.29 is 17.1 Å². The smallest absolute Gasteiger partial charge is 0.0222 e. The topological polar surface area (TPSA) is 12.9 Å². The molecule has 1 nitrogen and oxygen atoms in total. The first kappa shape index (κ1) is 26.9. The van der Waals surface area contributed by atoms with E-state index < -0.39 is 0 Å². The van der Waals surface area contributed by atoms with Crippen LogP contribution >= 0.6 is 33.9 Å². The second-order valence-electron chi connectivity index (χ2n) is 3.55. The Morgan fingerprint density at radius 2 is 1.26 bits per heavy atom. The number of rotatable bonds is 1. The van der Waals surface area contributed by atoms with Crippen LogP contribution in [0.5, 0.6) is 0 Å². The zero-order valence-corrected chi connectivity index (χ0v) is 17.3. The summed E-state index contributed by atoms with van der Waals surface area (Å²) in [4.78, 5) is 3.92. The molecule has 23 heavy (non-hydrogen) atoms. The number of hydrogen-bond acceptors (Lipinski definition) is 1. The van der Waals surface area contributed by atoms with Crippen LogP contribution in [-0.2, 0) is 17.1 Å². The van der Waals surface area contributed by atoms with Crippen molar-refractivity contribution in [1.29, 1.82) is 0 Å². The average Bonchev–Trinajstić information content (AvgIpc) is 2.60. The van der Waals surface area contributed by atoms with E-state index in [9.17, 15) is 0 Å². The Bertz CT molecular complexity index is 465. The van der Waals surface area contributed by atoms with Crippen LogP contribution in [0.4, 0.5) is 0 Å². The first-order chi connectivity index (χ1) is 9.93. The summed E-state index contributed by atoms with van der Waals surface area (Å²) in [6, 6.07) is 30.6. The van der Waals surface area contributed by atoms with Crippen molar-refractivity contribution in [2.75, 3.05) is 0 Å². The summed E-state index contributed by atoms with van der Waals surface area (Å²) in [5.41, 5.74) is 0.799. The van der Waals surface area contributed by atoms with Crippen molar-refractivity contribution in [3.63, 3.8) is 0 Å². The van der Waals surface area contributed by atoms with Crippen LogP contribution < -0.4 is 0 Å². The van der Waals surface area contributed by atoms with Gasteiger partial charge in [0.1, 0.15) is 0 Å². The molecule has 0 fully saturated rings. The summed E-state index contributed by atoms with van der Waals surface area (Å²) in [7, 11) is 0. The van der Waals surface area contributed by atoms with Gasteiger partial charge in [-0.25, -0.2) is 6.08 Å². The van der Waals surface area contributed by atoms with Gasteiger partial charge in [-0.05, 0) is 0 Å². The molecule has 3 aromatic rings. The van der Waals surface area contributed by atoms with Gasteiger partial charge in [0.2, 0.25) is 0 Å². The summed E-state index contributed by atoms with van der Waals surface area (Å²) < 4.78 is 0. The number of nitrogens with zero attached hydrogens (tertiary/aromatic N) is 1. The van der Waals surface area contributed by atoms with Crippen molar-refractivity contribution in [3.05, 3.63) is 116 Å². The zero-order valence-electron chi connectivity index (χ0n) is 12.7. The molecule has 2 aromatic carbocycles. The summed E-state index contributed by atoms with van der Waals surface area (Å²) in [5.74, 6) is 0. The third kappa shape index (κ3) is 17.2. The molecule has 0 saturated carbocycles. The third-order valence-electron chi connectivity index (χ3n) is 2.06. The molecule has 1 aromatic heterocycles. The van der Waals surface area contributed by atoms with Gasteiger partial charge in [0.05, 0.1) is 0 Å². The van der Waals surface area contributed by atoms with Gasteiger partial charge in [-0.3, -0.25) is 4.98 Å². The maximum atomic E-state index is 3.92. The van der Waals surface area contributed by atoms with Gasteiger partial charge in [0, 0.05) is 23.3 Å². The Kier molecular flexibility index (Phi) is 24.6. The minimum absolute atomic E-state index is 0. The van der Waals surface area contributed by atoms with Crippen molar-refractivity contribution in [1.82, 2.24) is 4.98 Å². The molecule has 0 bridgehead atoms. The van der Waals surface area contributed by atoms with Crippen molar-refractivity contribution >= 4 is 33.9 Å². The minimum Gasteiger partial charge on any atom is -0.296 e. The second kappa shape index (κ2) is 21.0.